The molecule has 2 N–H and O–H groups in total. The van der Waals surface area contributed by atoms with Crippen LogP contribution in [0.2, 0.25) is 0 Å². The first-order valence-corrected chi connectivity index (χ1v) is 9.92. The third kappa shape index (κ3) is 4.40. The lowest BCUT2D eigenvalue weighted by Gasteiger charge is -2.15. The number of rotatable bonds is 7. The summed E-state index contributed by atoms with van der Waals surface area (Å²) in [6.45, 7) is 6.57. The van der Waals surface area contributed by atoms with E-state index in [0.29, 0.717) is 23.2 Å². The molecule has 1 aliphatic rings. The molecular formula is C23H25N3O4. The first-order chi connectivity index (χ1) is 14.3. The summed E-state index contributed by atoms with van der Waals surface area (Å²) in [6.07, 6.45) is 0. The number of amides is 4. The van der Waals surface area contributed by atoms with Crippen LogP contribution in [0.15, 0.2) is 42.5 Å². The molecule has 0 aliphatic carbocycles. The summed E-state index contributed by atoms with van der Waals surface area (Å²) in [6, 6.07) is 11.8. The van der Waals surface area contributed by atoms with Gasteiger partial charge in [-0.15, -0.1) is 0 Å². The van der Waals surface area contributed by atoms with Crippen LogP contribution >= 0.6 is 0 Å². The molecule has 1 heterocycles. The fraction of sp³-hybridized carbons (Fsp3) is 0.304. The molecule has 2 aromatic rings. The number of hydrogen-bond donors (Lipinski definition) is 2. The number of hydrogen-bond acceptors (Lipinski definition) is 4. The number of fused-ring (bicyclic) bond motifs is 1. The Bertz CT molecular complexity index is 1010. The third-order valence-electron chi connectivity index (χ3n) is 4.87. The van der Waals surface area contributed by atoms with Crippen molar-refractivity contribution < 1.29 is 19.2 Å². The van der Waals surface area contributed by atoms with Crippen LogP contribution in [0.1, 0.15) is 60.8 Å². The first kappa shape index (κ1) is 21.2. The zero-order valence-corrected chi connectivity index (χ0v) is 17.3. The van der Waals surface area contributed by atoms with Gasteiger partial charge < -0.3 is 10.6 Å². The monoisotopic (exact) mass is 407 g/mol. The van der Waals surface area contributed by atoms with Gasteiger partial charge >= 0.3 is 0 Å². The van der Waals surface area contributed by atoms with E-state index in [0.717, 1.165) is 5.56 Å². The lowest BCUT2D eigenvalue weighted by atomic mass is 10.1. The molecule has 0 fully saturated rings. The van der Waals surface area contributed by atoms with Crippen LogP contribution in [0, 0.1) is 12.8 Å². The first-order valence-electron chi connectivity index (χ1n) is 9.92. The van der Waals surface area contributed by atoms with Crippen molar-refractivity contribution in [3.8, 4) is 0 Å². The van der Waals surface area contributed by atoms with E-state index in [1.54, 1.807) is 12.1 Å². The van der Waals surface area contributed by atoms with Crippen molar-refractivity contribution in [1.29, 1.82) is 0 Å². The Kier molecular flexibility index (Phi) is 6.30. The van der Waals surface area contributed by atoms with E-state index in [1.165, 1.54) is 23.1 Å². The van der Waals surface area contributed by atoms with Crippen molar-refractivity contribution in [2.75, 3.05) is 19.6 Å². The lowest BCUT2D eigenvalue weighted by molar-refractivity contribution is 0.0635. The van der Waals surface area contributed by atoms with Crippen LogP contribution < -0.4 is 10.6 Å². The molecule has 7 nitrogen and oxygen atoms in total. The van der Waals surface area contributed by atoms with Gasteiger partial charge in [0, 0.05) is 30.8 Å². The molecule has 4 amide bonds. The van der Waals surface area contributed by atoms with Gasteiger partial charge in [0.15, 0.2) is 0 Å². The average Bonchev–Trinajstić information content (AvgIpc) is 2.95. The fourth-order valence-corrected chi connectivity index (χ4v) is 3.34. The summed E-state index contributed by atoms with van der Waals surface area (Å²) < 4.78 is 0. The second-order valence-electron chi connectivity index (χ2n) is 7.70. The second-order valence-corrected chi connectivity index (χ2v) is 7.70. The maximum atomic E-state index is 12.5. The van der Waals surface area contributed by atoms with E-state index in [4.69, 9.17) is 0 Å². The molecule has 7 heteroatoms. The lowest BCUT2D eigenvalue weighted by Crippen LogP contribution is -2.35. The molecule has 0 atom stereocenters. The average molecular weight is 407 g/mol. The van der Waals surface area contributed by atoms with Gasteiger partial charge in [-0.1, -0.05) is 32.0 Å². The van der Waals surface area contributed by atoms with Crippen molar-refractivity contribution in [3.63, 3.8) is 0 Å². The molecule has 0 bridgehead atoms. The minimum absolute atomic E-state index is 0.157. The van der Waals surface area contributed by atoms with Gasteiger partial charge in [0.2, 0.25) is 0 Å². The standard InChI is InChI=1S/C23H25N3O4/c1-14(2)13-26-22(29)18-9-8-16(12-19(18)23(26)30)20(27)24-10-11-25-21(28)17-7-5-4-6-15(17)3/h4-9,12,14H,10-11,13H2,1-3H3,(H,24,27)(H,25,28). The predicted molar refractivity (Wildman–Crippen MR) is 112 cm³/mol. The van der Waals surface area contributed by atoms with Crippen LogP contribution in [-0.4, -0.2) is 48.2 Å². The van der Waals surface area contributed by atoms with Crippen LogP contribution in [0.3, 0.4) is 0 Å². The number of nitrogens with one attached hydrogen (secondary N) is 2. The van der Waals surface area contributed by atoms with E-state index >= 15 is 0 Å². The molecule has 0 saturated heterocycles. The summed E-state index contributed by atoms with van der Waals surface area (Å²) >= 11 is 0. The third-order valence-corrected chi connectivity index (χ3v) is 4.87. The van der Waals surface area contributed by atoms with Crippen LogP contribution in [0.5, 0.6) is 0 Å². The molecule has 1 aliphatic heterocycles. The highest BCUT2D eigenvalue weighted by Gasteiger charge is 2.36. The molecule has 0 unspecified atom stereocenters. The topological polar surface area (TPSA) is 95.6 Å². The smallest absolute Gasteiger partial charge is 0.261 e. The maximum absolute atomic E-state index is 12.5. The zero-order chi connectivity index (χ0) is 21.8. The highest BCUT2D eigenvalue weighted by Crippen LogP contribution is 2.24. The van der Waals surface area contributed by atoms with Gasteiger partial charge in [0.25, 0.3) is 23.6 Å². The zero-order valence-electron chi connectivity index (χ0n) is 17.3. The van der Waals surface area contributed by atoms with Crippen molar-refractivity contribution in [3.05, 3.63) is 70.3 Å². The summed E-state index contributed by atoms with van der Waals surface area (Å²) in [7, 11) is 0. The van der Waals surface area contributed by atoms with Gasteiger partial charge in [0.05, 0.1) is 11.1 Å². The van der Waals surface area contributed by atoms with E-state index in [9.17, 15) is 19.2 Å². The minimum atomic E-state index is -0.371. The quantitative estimate of drug-likeness (QED) is 0.544. The van der Waals surface area contributed by atoms with Crippen LogP contribution in [-0.2, 0) is 0 Å². The van der Waals surface area contributed by atoms with Crippen molar-refractivity contribution in [1.82, 2.24) is 15.5 Å². The number of carbonyl (C=O) groups excluding carboxylic acids is 4. The maximum Gasteiger partial charge on any atom is 0.261 e. The number of imide groups is 1. The van der Waals surface area contributed by atoms with E-state index in [1.807, 2.05) is 32.9 Å². The van der Waals surface area contributed by atoms with Gasteiger partial charge in [-0.05, 0) is 42.7 Å². The second kappa shape index (κ2) is 8.90. The molecule has 0 aromatic heterocycles. The number of carbonyl (C=O) groups is 4. The fourth-order valence-electron chi connectivity index (χ4n) is 3.34. The molecule has 2 aromatic carbocycles. The number of aryl methyl sites for hydroxylation is 1. The Morgan fingerprint density at radius 1 is 0.900 bits per heavy atom. The Hall–Kier alpha value is -3.48. The summed E-state index contributed by atoms with van der Waals surface area (Å²) in [5, 5.41) is 5.48. The normalized spacial score (nSPS) is 12.9. The Morgan fingerprint density at radius 3 is 2.20 bits per heavy atom. The van der Waals surface area contributed by atoms with Crippen LogP contribution in [0.25, 0.3) is 0 Å². The molecule has 3 rings (SSSR count). The molecule has 0 radical (unpaired) electrons. The molecule has 30 heavy (non-hydrogen) atoms. The highest BCUT2D eigenvalue weighted by atomic mass is 16.2. The molecule has 156 valence electrons. The Labute approximate surface area is 175 Å². The molecule has 0 spiro atoms. The van der Waals surface area contributed by atoms with Gasteiger partial charge in [0.1, 0.15) is 0 Å². The number of benzene rings is 2. The van der Waals surface area contributed by atoms with Gasteiger partial charge in [-0.25, -0.2) is 0 Å². The highest BCUT2D eigenvalue weighted by molar-refractivity contribution is 6.22. The van der Waals surface area contributed by atoms with Crippen molar-refractivity contribution >= 4 is 23.6 Å². The Morgan fingerprint density at radius 2 is 1.53 bits per heavy atom. The summed E-state index contributed by atoms with van der Waals surface area (Å²) in [5.74, 6) is -1.11. The minimum Gasteiger partial charge on any atom is -0.350 e. The predicted octanol–water partition coefficient (Wildman–Crippen LogP) is 2.41. The van der Waals surface area contributed by atoms with Crippen molar-refractivity contribution in [2.45, 2.75) is 20.8 Å². The SMILES string of the molecule is Cc1ccccc1C(=O)NCCNC(=O)c1ccc2c(c1)C(=O)N(CC(C)C)C2=O. The van der Waals surface area contributed by atoms with Gasteiger partial charge in [-0.3, -0.25) is 24.1 Å². The van der Waals surface area contributed by atoms with E-state index in [2.05, 4.69) is 10.6 Å². The summed E-state index contributed by atoms with van der Waals surface area (Å²) in [4.78, 5) is 50.8. The molecule has 0 saturated carbocycles. The molecular weight excluding hydrogens is 382 g/mol. The largest absolute Gasteiger partial charge is 0.350 e. The Balaban J connectivity index is 1.57. The van der Waals surface area contributed by atoms with E-state index in [-0.39, 0.29) is 48.2 Å². The summed E-state index contributed by atoms with van der Waals surface area (Å²) in [5.41, 5.74) is 2.34. The van der Waals surface area contributed by atoms with Gasteiger partial charge in [-0.2, -0.15) is 0 Å². The van der Waals surface area contributed by atoms with E-state index < -0.39 is 0 Å². The van der Waals surface area contributed by atoms with Crippen LogP contribution in [0.4, 0.5) is 0 Å². The van der Waals surface area contributed by atoms with Crippen molar-refractivity contribution in [2.24, 2.45) is 5.92 Å². The number of nitrogens with zero attached hydrogens (tertiary/aromatic N) is 1.